The van der Waals surface area contributed by atoms with Crippen LogP contribution in [0.4, 0.5) is 0 Å². The fourth-order valence-corrected chi connectivity index (χ4v) is 3.55. The summed E-state index contributed by atoms with van der Waals surface area (Å²) in [6, 6.07) is 6.39. The molecule has 6 heteroatoms. The lowest BCUT2D eigenvalue weighted by molar-refractivity contribution is 0.00578. The first-order valence-electron chi connectivity index (χ1n) is 9.65. The van der Waals surface area contributed by atoms with Crippen LogP contribution in [-0.4, -0.2) is 68.5 Å². The highest BCUT2D eigenvalue weighted by Crippen LogP contribution is 2.37. The fraction of sp³-hybridized carbons (Fsp3) is 0.700. The zero-order valence-corrected chi connectivity index (χ0v) is 17.2. The molecule has 26 heavy (non-hydrogen) atoms. The summed E-state index contributed by atoms with van der Waals surface area (Å²) in [4.78, 5) is 4.93. The van der Waals surface area contributed by atoms with Crippen LogP contribution in [0.2, 0.25) is 0 Å². The van der Waals surface area contributed by atoms with Crippen LogP contribution in [0.3, 0.4) is 0 Å². The van der Waals surface area contributed by atoms with Crippen LogP contribution in [0.15, 0.2) is 18.2 Å². The van der Waals surface area contributed by atoms with Crippen molar-refractivity contribution in [1.29, 1.82) is 0 Å². The number of methoxy groups -OCH3 is 1. The van der Waals surface area contributed by atoms with Crippen molar-refractivity contribution in [2.24, 2.45) is 0 Å². The molecule has 0 aromatic heterocycles. The minimum Gasteiger partial charge on any atom is -0.497 e. The summed E-state index contributed by atoms with van der Waals surface area (Å²) in [5, 5.41) is 0. The number of ether oxygens (including phenoxy) is 1. The van der Waals surface area contributed by atoms with E-state index >= 15 is 0 Å². The van der Waals surface area contributed by atoms with Gasteiger partial charge in [-0.25, -0.2) is 0 Å². The van der Waals surface area contributed by atoms with Crippen LogP contribution in [-0.2, 0) is 15.9 Å². The van der Waals surface area contributed by atoms with Crippen molar-refractivity contribution in [2.75, 3.05) is 40.3 Å². The van der Waals surface area contributed by atoms with Crippen LogP contribution in [0.25, 0.3) is 0 Å². The van der Waals surface area contributed by atoms with E-state index in [1.807, 2.05) is 6.07 Å². The maximum atomic E-state index is 6.25. The van der Waals surface area contributed by atoms with Gasteiger partial charge in [0.15, 0.2) is 0 Å². The van der Waals surface area contributed by atoms with Gasteiger partial charge < -0.3 is 18.9 Å². The van der Waals surface area contributed by atoms with E-state index in [0.717, 1.165) is 37.4 Å². The second-order valence-corrected chi connectivity index (χ2v) is 8.60. The van der Waals surface area contributed by atoms with Crippen LogP contribution in [0.1, 0.15) is 39.7 Å². The Morgan fingerprint density at radius 1 is 1.04 bits per heavy atom. The van der Waals surface area contributed by atoms with E-state index < -0.39 is 7.12 Å². The Hall–Kier alpha value is -1.08. The van der Waals surface area contributed by atoms with E-state index in [1.54, 1.807) is 7.11 Å². The van der Waals surface area contributed by atoms with Crippen molar-refractivity contribution in [1.82, 2.24) is 9.80 Å². The Balaban J connectivity index is 1.79. The van der Waals surface area contributed by atoms with Gasteiger partial charge in [-0.3, -0.25) is 4.90 Å². The molecular formula is C20H33BN2O3. The first-order valence-corrected chi connectivity index (χ1v) is 9.65. The van der Waals surface area contributed by atoms with Crippen molar-refractivity contribution < 1.29 is 14.0 Å². The minimum absolute atomic E-state index is 0.353. The molecule has 2 aliphatic rings. The zero-order chi connectivity index (χ0) is 18.9. The van der Waals surface area contributed by atoms with Crippen molar-refractivity contribution >= 4 is 12.6 Å². The number of nitrogens with zero attached hydrogens (tertiary/aromatic N) is 2. The maximum Gasteiger partial charge on any atom is 0.498 e. The van der Waals surface area contributed by atoms with Crippen LogP contribution < -0.4 is 10.2 Å². The van der Waals surface area contributed by atoms with Crippen molar-refractivity contribution in [3.8, 4) is 5.75 Å². The first-order chi connectivity index (χ1) is 12.2. The normalized spacial score (nSPS) is 23.8. The molecule has 2 heterocycles. The summed E-state index contributed by atoms with van der Waals surface area (Å²) in [6.07, 6.45) is 1.22. The molecule has 3 rings (SSSR count). The number of hydrogen-bond acceptors (Lipinski definition) is 5. The zero-order valence-electron chi connectivity index (χ0n) is 17.2. The molecule has 0 atom stereocenters. The molecule has 1 aromatic carbocycles. The first kappa shape index (κ1) is 19.7. The standard InChI is InChI=1S/C20H33BN2O3/c1-19(2)20(3,4)26-21(25-19)17-14-16(8-9-18(17)24-6)15-23-11-7-10-22(5)12-13-23/h8-9,14H,7,10-13,15H2,1-6H3. The van der Waals surface area contributed by atoms with E-state index in [0.29, 0.717) is 0 Å². The van der Waals surface area contributed by atoms with Gasteiger partial charge in [0, 0.05) is 25.1 Å². The lowest BCUT2D eigenvalue weighted by Gasteiger charge is -2.32. The number of likely N-dealkylation sites (N-methyl/N-ethyl adjacent to an activating group) is 1. The average molecular weight is 360 g/mol. The fourth-order valence-electron chi connectivity index (χ4n) is 3.55. The third-order valence-corrected chi connectivity index (χ3v) is 6.02. The van der Waals surface area contributed by atoms with Gasteiger partial charge in [0.05, 0.1) is 18.3 Å². The van der Waals surface area contributed by atoms with Gasteiger partial charge in [0.25, 0.3) is 0 Å². The molecule has 144 valence electrons. The summed E-state index contributed by atoms with van der Waals surface area (Å²) in [7, 11) is 3.51. The van der Waals surface area contributed by atoms with Crippen molar-refractivity contribution in [3.05, 3.63) is 23.8 Å². The molecule has 5 nitrogen and oxygen atoms in total. The molecule has 0 radical (unpaired) electrons. The average Bonchev–Trinajstić information content (AvgIpc) is 2.70. The largest absolute Gasteiger partial charge is 0.498 e. The van der Waals surface area contributed by atoms with Crippen molar-refractivity contribution in [2.45, 2.75) is 51.9 Å². The van der Waals surface area contributed by atoms with Gasteiger partial charge in [0.1, 0.15) is 5.75 Å². The van der Waals surface area contributed by atoms with Crippen LogP contribution in [0.5, 0.6) is 5.75 Å². The summed E-state index contributed by atoms with van der Waals surface area (Å²) >= 11 is 0. The van der Waals surface area contributed by atoms with E-state index in [2.05, 4.69) is 56.7 Å². The Morgan fingerprint density at radius 2 is 1.73 bits per heavy atom. The molecule has 2 saturated heterocycles. The second kappa shape index (κ2) is 7.51. The molecule has 2 fully saturated rings. The minimum atomic E-state index is -0.398. The van der Waals surface area contributed by atoms with E-state index in [-0.39, 0.29) is 11.2 Å². The lowest BCUT2D eigenvalue weighted by Crippen LogP contribution is -2.41. The van der Waals surface area contributed by atoms with Crippen LogP contribution >= 0.6 is 0 Å². The molecule has 0 bridgehead atoms. The molecule has 2 aliphatic heterocycles. The summed E-state index contributed by atoms with van der Waals surface area (Å²) < 4.78 is 18.1. The number of rotatable bonds is 4. The smallest absolute Gasteiger partial charge is 0.497 e. The van der Waals surface area contributed by atoms with Crippen LogP contribution in [0, 0.1) is 0 Å². The van der Waals surface area contributed by atoms with Crippen molar-refractivity contribution in [3.63, 3.8) is 0 Å². The molecule has 0 saturated carbocycles. The Morgan fingerprint density at radius 3 is 2.38 bits per heavy atom. The van der Waals surface area contributed by atoms with Gasteiger partial charge in [-0.05, 0) is 65.9 Å². The van der Waals surface area contributed by atoms with Gasteiger partial charge in [0.2, 0.25) is 0 Å². The molecule has 1 aromatic rings. The summed E-state index contributed by atoms with van der Waals surface area (Å²) in [5.41, 5.74) is 1.55. The van der Waals surface area contributed by atoms with Gasteiger partial charge in [-0.15, -0.1) is 0 Å². The second-order valence-electron chi connectivity index (χ2n) is 8.60. The highest BCUT2D eigenvalue weighted by Gasteiger charge is 2.52. The Labute approximate surface area is 158 Å². The third kappa shape index (κ3) is 4.09. The Bertz CT molecular complexity index is 619. The topological polar surface area (TPSA) is 34.2 Å². The third-order valence-electron chi connectivity index (χ3n) is 6.02. The molecule has 0 aliphatic carbocycles. The molecule has 0 N–H and O–H groups in total. The Kier molecular flexibility index (Phi) is 5.68. The molecule has 0 spiro atoms. The van der Waals surface area contributed by atoms with Gasteiger partial charge in [-0.2, -0.15) is 0 Å². The SMILES string of the molecule is COc1ccc(CN2CCCN(C)CC2)cc1B1OC(C)(C)C(C)(C)O1. The van der Waals surface area contributed by atoms with E-state index in [9.17, 15) is 0 Å². The predicted octanol–water partition coefficient (Wildman–Crippen LogP) is 2.13. The monoisotopic (exact) mass is 360 g/mol. The highest BCUT2D eigenvalue weighted by atomic mass is 16.7. The van der Waals surface area contributed by atoms with E-state index in [1.165, 1.54) is 18.5 Å². The lowest BCUT2D eigenvalue weighted by atomic mass is 9.77. The summed E-state index contributed by atoms with van der Waals surface area (Å²) in [6.45, 7) is 13.8. The maximum absolute atomic E-state index is 6.25. The highest BCUT2D eigenvalue weighted by molar-refractivity contribution is 6.63. The quantitative estimate of drug-likeness (QED) is 0.769. The predicted molar refractivity (Wildman–Crippen MR) is 106 cm³/mol. The molecule has 0 unspecified atom stereocenters. The number of benzene rings is 1. The van der Waals surface area contributed by atoms with Gasteiger partial charge >= 0.3 is 7.12 Å². The van der Waals surface area contributed by atoms with E-state index in [4.69, 9.17) is 14.0 Å². The molecule has 0 amide bonds. The van der Waals surface area contributed by atoms with Gasteiger partial charge in [-0.1, -0.05) is 12.1 Å². The molecular weight excluding hydrogens is 327 g/mol. The summed E-state index contributed by atoms with van der Waals surface area (Å²) in [5.74, 6) is 0.822. The number of hydrogen-bond donors (Lipinski definition) is 0.